The summed E-state index contributed by atoms with van der Waals surface area (Å²) in [5.74, 6) is 0.519. The van der Waals surface area contributed by atoms with Crippen molar-refractivity contribution in [1.29, 1.82) is 0 Å². The van der Waals surface area contributed by atoms with Crippen molar-refractivity contribution in [2.24, 2.45) is 5.92 Å². The molecule has 0 unspecified atom stereocenters. The number of aryl methyl sites for hydroxylation is 1. The first-order chi connectivity index (χ1) is 9.16. The van der Waals surface area contributed by atoms with Gasteiger partial charge in [-0.15, -0.1) is 0 Å². The second kappa shape index (κ2) is 6.41. The maximum absolute atomic E-state index is 10.6. The summed E-state index contributed by atoms with van der Waals surface area (Å²) in [6.07, 6.45) is 7.83. The summed E-state index contributed by atoms with van der Waals surface area (Å²) in [4.78, 5) is 10.6. The van der Waals surface area contributed by atoms with Crippen molar-refractivity contribution in [1.82, 2.24) is 0 Å². The van der Waals surface area contributed by atoms with Gasteiger partial charge in [0.25, 0.3) is 0 Å². The third-order valence-electron chi connectivity index (χ3n) is 3.59. The van der Waals surface area contributed by atoms with Crippen molar-refractivity contribution in [2.75, 3.05) is 6.61 Å². The first-order valence-corrected chi connectivity index (χ1v) is 6.80. The molecule has 1 fully saturated rings. The molecule has 3 heteroatoms. The molecular weight excluding hydrogens is 240 g/mol. The van der Waals surface area contributed by atoms with E-state index >= 15 is 0 Å². The molecule has 1 N–H and O–H groups in total. The minimum atomic E-state index is -0.941. The van der Waals surface area contributed by atoms with Gasteiger partial charge in [-0.2, -0.15) is 0 Å². The SMILES string of the molecule is Cc1cccc(/C=C/C(=O)O)c1OCC1CCCC1. The Bertz CT molecular complexity index is 471. The molecule has 0 atom stereocenters. The predicted octanol–water partition coefficient (Wildman–Crippen LogP) is 3.66. The van der Waals surface area contributed by atoms with Crippen LogP contribution in [0.25, 0.3) is 6.08 Å². The van der Waals surface area contributed by atoms with E-state index in [1.165, 1.54) is 25.7 Å². The third-order valence-corrected chi connectivity index (χ3v) is 3.59. The number of carboxylic acid groups (broad SMARTS) is 1. The number of para-hydroxylation sites is 1. The minimum Gasteiger partial charge on any atom is -0.492 e. The van der Waals surface area contributed by atoms with Gasteiger partial charge in [0.2, 0.25) is 0 Å². The molecule has 3 nitrogen and oxygen atoms in total. The molecule has 1 saturated carbocycles. The lowest BCUT2D eigenvalue weighted by atomic mass is 10.1. The Balaban J connectivity index is 2.10. The Morgan fingerprint density at radius 2 is 2.16 bits per heavy atom. The number of hydrogen-bond donors (Lipinski definition) is 1. The molecule has 19 heavy (non-hydrogen) atoms. The van der Waals surface area contributed by atoms with Gasteiger partial charge in [-0.3, -0.25) is 0 Å². The minimum absolute atomic E-state index is 0.649. The van der Waals surface area contributed by atoms with Crippen molar-refractivity contribution in [2.45, 2.75) is 32.6 Å². The van der Waals surface area contributed by atoms with Gasteiger partial charge in [0.1, 0.15) is 5.75 Å². The number of aliphatic carboxylic acids is 1. The van der Waals surface area contributed by atoms with Crippen molar-refractivity contribution in [3.63, 3.8) is 0 Å². The Morgan fingerprint density at radius 3 is 2.84 bits per heavy atom. The van der Waals surface area contributed by atoms with E-state index in [1.807, 2.05) is 25.1 Å². The van der Waals surface area contributed by atoms with Crippen molar-refractivity contribution < 1.29 is 14.6 Å². The monoisotopic (exact) mass is 260 g/mol. The van der Waals surface area contributed by atoms with Crippen molar-refractivity contribution in [3.8, 4) is 5.75 Å². The van der Waals surface area contributed by atoms with Crippen LogP contribution in [0.1, 0.15) is 36.8 Å². The predicted molar refractivity (Wildman–Crippen MR) is 75.3 cm³/mol. The lowest BCUT2D eigenvalue weighted by Gasteiger charge is -2.15. The first-order valence-electron chi connectivity index (χ1n) is 6.80. The molecule has 0 aromatic heterocycles. The van der Waals surface area contributed by atoms with Gasteiger partial charge in [0.15, 0.2) is 0 Å². The fourth-order valence-electron chi connectivity index (χ4n) is 2.54. The molecule has 0 heterocycles. The zero-order valence-electron chi connectivity index (χ0n) is 11.3. The van der Waals surface area contributed by atoms with E-state index in [0.29, 0.717) is 5.92 Å². The molecule has 0 aliphatic heterocycles. The number of ether oxygens (including phenoxy) is 1. The van der Waals surface area contributed by atoms with Crippen LogP contribution in [-0.4, -0.2) is 17.7 Å². The average Bonchev–Trinajstić information content (AvgIpc) is 2.88. The van der Waals surface area contributed by atoms with Crippen LogP contribution >= 0.6 is 0 Å². The molecule has 2 rings (SSSR count). The highest BCUT2D eigenvalue weighted by Crippen LogP contribution is 2.29. The van der Waals surface area contributed by atoms with Gasteiger partial charge >= 0.3 is 5.97 Å². The van der Waals surface area contributed by atoms with Gasteiger partial charge in [-0.05, 0) is 37.3 Å². The normalized spacial score (nSPS) is 16.1. The maximum Gasteiger partial charge on any atom is 0.328 e. The first kappa shape index (κ1) is 13.7. The van der Waals surface area contributed by atoms with Gasteiger partial charge < -0.3 is 9.84 Å². The highest BCUT2D eigenvalue weighted by Gasteiger charge is 2.16. The number of benzene rings is 1. The van der Waals surface area contributed by atoms with E-state index in [9.17, 15) is 4.79 Å². The van der Waals surface area contributed by atoms with E-state index in [-0.39, 0.29) is 0 Å². The zero-order chi connectivity index (χ0) is 13.7. The van der Waals surface area contributed by atoms with Crippen LogP contribution in [0.4, 0.5) is 0 Å². The van der Waals surface area contributed by atoms with E-state index in [1.54, 1.807) is 6.08 Å². The Morgan fingerprint density at radius 1 is 1.42 bits per heavy atom. The van der Waals surface area contributed by atoms with Gasteiger partial charge in [-0.1, -0.05) is 31.0 Å². The van der Waals surface area contributed by atoms with Crippen LogP contribution < -0.4 is 4.74 Å². The fourth-order valence-corrected chi connectivity index (χ4v) is 2.54. The molecule has 1 aliphatic carbocycles. The molecule has 1 aromatic rings. The van der Waals surface area contributed by atoms with Crippen LogP contribution in [0.5, 0.6) is 5.75 Å². The summed E-state index contributed by atoms with van der Waals surface area (Å²) in [7, 11) is 0. The maximum atomic E-state index is 10.6. The van der Waals surface area contributed by atoms with Crippen LogP contribution in [0.15, 0.2) is 24.3 Å². The van der Waals surface area contributed by atoms with Gasteiger partial charge in [0.05, 0.1) is 6.61 Å². The summed E-state index contributed by atoms with van der Waals surface area (Å²) in [6.45, 7) is 2.72. The molecule has 0 radical (unpaired) electrons. The smallest absolute Gasteiger partial charge is 0.328 e. The zero-order valence-corrected chi connectivity index (χ0v) is 11.3. The standard InChI is InChI=1S/C16H20O3/c1-12-5-4-8-14(9-10-15(17)18)16(12)19-11-13-6-2-3-7-13/h4-5,8-10,13H,2-3,6-7,11H2,1H3,(H,17,18)/b10-9+. The molecule has 0 amide bonds. The lowest BCUT2D eigenvalue weighted by molar-refractivity contribution is -0.131. The second-order valence-electron chi connectivity index (χ2n) is 5.13. The van der Waals surface area contributed by atoms with E-state index < -0.39 is 5.97 Å². The number of hydrogen-bond acceptors (Lipinski definition) is 2. The van der Waals surface area contributed by atoms with E-state index in [0.717, 1.165) is 29.6 Å². The largest absolute Gasteiger partial charge is 0.492 e. The Labute approximate surface area is 113 Å². The summed E-state index contributed by atoms with van der Waals surface area (Å²) < 4.78 is 5.94. The van der Waals surface area contributed by atoms with E-state index in [2.05, 4.69) is 0 Å². The summed E-state index contributed by atoms with van der Waals surface area (Å²) >= 11 is 0. The average molecular weight is 260 g/mol. The van der Waals surface area contributed by atoms with Crippen LogP contribution in [-0.2, 0) is 4.79 Å². The molecule has 102 valence electrons. The summed E-state index contributed by atoms with van der Waals surface area (Å²) in [5, 5.41) is 8.71. The molecule has 1 aliphatic rings. The molecule has 1 aromatic carbocycles. The van der Waals surface area contributed by atoms with Gasteiger partial charge in [0, 0.05) is 11.6 Å². The Hall–Kier alpha value is -1.77. The summed E-state index contributed by atoms with van der Waals surface area (Å²) in [5.41, 5.74) is 1.88. The highest BCUT2D eigenvalue weighted by atomic mass is 16.5. The van der Waals surface area contributed by atoms with Crippen LogP contribution in [0.3, 0.4) is 0 Å². The molecule has 0 saturated heterocycles. The lowest BCUT2D eigenvalue weighted by Crippen LogP contribution is -2.09. The molecule has 0 spiro atoms. The second-order valence-corrected chi connectivity index (χ2v) is 5.13. The summed E-state index contributed by atoms with van der Waals surface area (Å²) in [6, 6.07) is 5.79. The van der Waals surface area contributed by atoms with Crippen LogP contribution in [0.2, 0.25) is 0 Å². The quantitative estimate of drug-likeness (QED) is 0.822. The number of carboxylic acids is 1. The van der Waals surface area contributed by atoms with Crippen LogP contribution in [0, 0.1) is 12.8 Å². The third kappa shape index (κ3) is 3.85. The molecular formula is C16H20O3. The number of rotatable bonds is 5. The molecule has 0 bridgehead atoms. The van der Waals surface area contributed by atoms with Crippen molar-refractivity contribution in [3.05, 3.63) is 35.4 Å². The van der Waals surface area contributed by atoms with Crippen molar-refractivity contribution >= 4 is 12.0 Å². The highest BCUT2D eigenvalue weighted by molar-refractivity contribution is 5.86. The Kier molecular flexibility index (Phi) is 4.61. The fraction of sp³-hybridized carbons (Fsp3) is 0.438. The van der Waals surface area contributed by atoms with E-state index in [4.69, 9.17) is 9.84 Å². The topological polar surface area (TPSA) is 46.5 Å². The van der Waals surface area contributed by atoms with Gasteiger partial charge in [-0.25, -0.2) is 4.79 Å². The number of carbonyl (C=O) groups is 1.